The summed E-state index contributed by atoms with van der Waals surface area (Å²) >= 11 is 5.87. The number of hydrogen-bond donors (Lipinski definition) is 2. The Morgan fingerprint density at radius 1 is 0.842 bits per heavy atom. The van der Waals surface area contributed by atoms with E-state index >= 15 is 0 Å². The highest BCUT2D eigenvalue weighted by molar-refractivity contribution is 6.31. The summed E-state index contributed by atoms with van der Waals surface area (Å²) in [6, 6.07) is 10.6. The van der Waals surface area contributed by atoms with E-state index in [4.69, 9.17) is 21.8 Å². The van der Waals surface area contributed by atoms with Crippen molar-refractivity contribution >= 4 is 23.5 Å². The van der Waals surface area contributed by atoms with Crippen LogP contribution in [0.2, 0.25) is 5.02 Å². The van der Waals surface area contributed by atoms with Crippen molar-refractivity contribution in [2.24, 2.45) is 0 Å². The SMILES string of the molecule is O=C(O)c1cccc(-c2cc(Cl)cc(C(=O)O)c2)c1. The van der Waals surface area contributed by atoms with Crippen LogP contribution in [0.5, 0.6) is 0 Å². The molecule has 0 bridgehead atoms. The third-order valence-corrected chi connectivity index (χ3v) is 2.81. The number of aromatic carboxylic acids is 2. The van der Waals surface area contributed by atoms with Gasteiger partial charge in [-0.3, -0.25) is 0 Å². The molecule has 0 saturated carbocycles. The average molecular weight is 277 g/mol. The first-order chi connectivity index (χ1) is 8.97. The lowest BCUT2D eigenvalue weighted by Gasteiger charge is -2.05. The number of carboxylic acid groups (broad SMARTS) is 2. The molecule has 5 heteroatoms. The summed E-state index contributed by atoms with van der Waals surface area (Å²) < 4.78 is 0. The molecule has 0 aromatic heterocycles. The zero-order valence-electron chi connectivity index (χ0n) is 9.63. The molecule has 0 unspecified atom stereocenters. The molecular formula is C14H9ClO4. The lowest BCUT2D eigenvalue weighted by Crippen LogP contribution is -1.98. The van der Waals surface area contributed by atoms with Gasteiger partial charge in [0, 0.05) is 5.02 Å². The smallest absolute Gasteiger partial charge is 0.335 e. The maximum absolute atomic E-state index is 11.0. The number of benzene rings is 2. The molecule has 96 valence electrons. The molecular weight excluding hydrogens is 268 g/mol. The quantitative estimate of drug-likeness (QED) is 0.901. The average Bonchev–Trinajstić information content (AvgIpc) is 2.38. The normalized spacial score (nSPS) is 10.2. The van der Waals surface area contributed by atoms with Gasteiger partial charge in [0.2, 0.25) is 0 Å². The van der Waals surface area contributed by atoms with E-state index in [1.54, 1.807) is 18.2 Å². The fourth-order valence-electron chi connectivity index (χ4n) is 1.71. The zero-order chi connectivity index (χ0) is 14.0. The van der Waals surface area contributed by atoms with Gasteiger partial charge >= 0.3 is 11.9 Å². The molecule has 19 heavy (non-hydrogen) atoms. The standard InChI is InChI=1S/C14H9ClO4/c15-12-6-10(5-11(7-12)14(18)19)8-2-1-3-9(4-8)13(16)17/h1-7H,(H,16,17)(H,18,19). The van der Waals surface area contributed by atoms with Gasteiger partial charge in [0.15, 0.2) is 0 Å². The van der Waals surface area contributed by atoms with Crippen molar-refractivity contribution in [3.05, 3.63) is 58.6 Å². The summed E-state index contributed by atoms with van der Waals surface area (Å²) in [5.41, 5.74) is 1.36. The van der Waals surface area contributed by atoms with Gasteiger partial charge in [0.1, 0.15) is 0 Å². The van der Waals surface area contributed by atoms with Crippen molar-refractivity contribution in [1.29, 1.82) is 0 Å². The van der Waals surface area contributed by atoms with Gasteiger partial charge in [-0.15, -0.1) is 0 Å². The maximum Gasteiger partial charge on any atom is 0.335 e. The molecule has 4 nitrogen and oxygen atoms in total. The van der Waals surface area contributed by atoms with Gasteiger partial charge in [-0.25, -0.2) is 9.59 Å². The largest absolute Gasteiger partial charge is 0.478 e. The van der Waals surface area contributed by atoms with Gasteiger partial charge in [0.05, 0.1) is 11.1 Å². The van der Waals surface area contributed by atoms with E-state index in [1.165, 1.54) is 24.3 Å². The number of rotatable bonds is 3. The Balaban J connectivity index is 2.55. The topological polar surface area (TPSA) is 74.6 Å². The van der Waals surface area contributed by atoms with Crippen LogP contribution in [0.3, 0.4) is 0 Å². The van der Waals surface area contributed by atoms with Gasteiger partial charge in [-0.2, -0.15) is 0 Å². The highest BCUT2D eigenvalue weighted by Crippen LogP contribution is 2.25. The Morgan fingerprint density at radius 3 is 2.11 bits per heavy atom. The molecule has 2 N–H and O–H groups in total. The molecule has 2 aromatic rings. The Morgan fingerprint density at radius 2 is 1.47 bits per heavy atom. The molecule has 2 aromatic carbocycles. The zero-order valence-corrected chi connectivity index (χ0v) is 10.4. The minimum absolute atomic E-state index is 0.0585. The van der Waals surface area contributed by atoms with E-state index in [0.717, 1.165) is 0 Å². The summed E-state index contributed by atoms with van der Waals surface area (Å²) in [4.78, 5) is 21.9. The van der Waals surface area contributed by atoms with Crippen LogP contribution in [-0.4, -0.2) is 22.2 Å². The molecule has 0 heterocycles. The Hall–Kier alpha value is -2.33. The molecule has 0 saturated heterocycles. The third kappa shape index (κ3) is 2.92. The number of hydrogen-bond acceptors (Lipinski definition) is 2. The predicted molar refractivity (Wildman–Crippen MR) is 70.8 cm³/mol. The Labute approximate surface area is 113 Å². The monoisotopic (exact) mass is 276 g/mol. The van der Waals surface area contributed by atoms with Crippen LogP contribution in [-0.2, 0) is 0 Å². The van der Waals surface area contributed by atoms with Gasteiger partial charge in [-0.05, 0) is 41.5 Å². The minimum atomic E-state index is -1.09. The van der Waals surface area contributed by atoms with E-state index in [9.17, 15) is 9.59 Å². The molecule has 0 aliphatic heterocycles. The molecule has 0 radical (unpaired) electrons. The fourth-order valence-corrected chi connectivity index (χ4v) is 1.95. The molecule has 0 amide bonds. The van der Waals surface area contributed by atoms with Crippen molar-refractivity contribution in [1.82, 2.24) is 0 Å². The molecule has 0 fully saturated rings. The van der Waals surface area contributed by atoms with Crippen molar-refractivity contribution < 1.29 is 19.8 Å². The van der Waals surface area contributed by atoms with Gasteiger partial charge in [0.25, 0.3) is 0 Å². The first-order valence-electron chi connectivity index (χ1n) is 5.35. The summed E-state index contributed by atoms with van der Waals surface area (Å²) in [6.45, 7) is 0. The van der Waals surface area contributed by atoms with E-state index < -0.39 is 11.9 Å². The van der Waals surface area contributed by atoms with Crippen LogP contribution in [0.15, 0.2) is 42.5 Å². The second-order valence-corrected chi connectivity index (χ2v) is 4.36. The summed E-state index contributed by atoms with van der Waals surface area (Å²) in [7, 11) is 0. The molecule has 0 atom stereocenters. The fraction of sp³-hybridized carbons (Fsp3) is 0. The van der Waals surface area contributed by atoms with E-state index in [-0.39, 0.29) is 16.1 Å². The molecule has 0 spiro atoms. The Bertz CT molecular complexity index is 664. The van der Waals surface area contributed by atoms with Gasteiger partial charge < -0.3 is 10.2 Å². The second-order valence-electron chi connectivity index (χ2n) is 3.92. The van der Waals surface area contributed by atoms with Crippen LogP contribution in [0.25, 0.3) is 11.1 Å². The van der Waals surface area contributed by atoms with E-state index in [0.29, 0.717) is 11.1 Å². The number of carboxylic acids is 2. The highest BCUT2D eigenvalue weighted by Gasteiger charge is 2.09. The maximum atomic E-state index is 11.0. The summed E-state index contributed by atoms with van der Waals surface area (Å²) in [5, 5.41) is 18.2. The van der Waals surface area contributed by atoms with Crippen molar-refractivity contribution in [3.63, 3.8) is 0 Å². The molecule has 0 aliphatic rings. The number of halogens is 1. The molecule has 2 rings (SSSR count). The predicted octanol–water partition coefficient (Wildman–Crippen LogP) is 3.40. The second kappa shape index (κ2) is 5.12. The van der Waals surface area contributed by atoms with Crippen molar-refractivity contribution in [2.75, 3.05) is 0 Å². The van der Waals surface area contributed by atoms with Gasteiger partial charge in [-0.1, -0.05) is 23.7 Å². The first-order valence-corrected chi connectivity index (χ1v) is 5.73. The van der Waals surface area contributed by atoms with Crippen LogP contribution in [0.4, 0.5) is 0 Å². The van der Waals surface area contributed by atoms with Crippen molar-refractivity contribution in [3.8, 4) is 11.1 Å². The van der Waals surface area contributed by atoms with Crippen LogP contribution in [0, 0.1) is 0 Å². The van der Waals surface area contributed by atoms with Crippen LogP contribution in [0.1, 0.15) is 20.7 Å². The lowest BCUT2D eigenvalue weighted by molar-refractivity contribution is 0.0686. The summed E-state index contributed by atoms with van der Waals surface area (Å²) in [5.74, 6) is -2.12. The lowest BCUT2D eigenvalue weighted by atomic mass is 10.0. The number of carbonyl (C=O) groups is 2. The van der Waals surface area contributed by atoms with Crippen LogP contribution < -0.4 is 0 Å². The molecule has 0 aliphatic carbocycles. The third-order valence-electron chi connectivity index (χ3n) is 2.59. The minimum Gasteiger partial charge on any atom is -0.478 e. The van der Waals surface area contributed by atoms with Crippen LogP contribution >= 0.6 is 11.6 Å². The summed E-state index contributed by atoms with van der Waals surface area (Å²) in [6.07, 6.45) is 0. The van der Waals surface area contributed by atoms with E-state index in [2.05, 4.69) is 0 Å². The van der Waals surface area contributed by atoms with E-state index in [1.807, 2.05) is 0 Å². The van der Waals surface area contributed by atoms with Crippen molar-refractivity contribution in [2.45, 2.75) is 0 Å². The Kier molecular flexibility index (Phi) is 3.53. The highest BCUT2D eigenvalue weighted by atomic mass is 35.5. The first kappa shape index (κ1) is 13.1.